The lowest BCUT2D eigenvalue weighted by molar-refractivity contribution is 0.0726. The maximum Gasteiger partial charge on any atom is 0.190 e. The predicted octanol–water partition coefficient (Wildman–Crippen LogP) is 4.67. The van der Waals surface area contributed by atoms with Gasteiger partial charge in [-0.1, -0.05) is 30.3 Å². The molecule has 0 atom stereocenters. The molecule has 0 aliphatic heterocycles. The third kappa shape index (κ3) is 3.75. The number of carbonyl (C=O) groups excluding carboxylic acids is 1. The summed E-state index contributed by atoms with van der Waals surface area (Å²) in [5.41, 5.74) is 1.73. The molecule has 0 aliphatic rings. The zero-order valence-corrected chi connectivity index (χ0v) is 13.3. The van der Waals surface area contributed by atoms with Gasteiger partial charge in [-0.3, -0.25) is 4.79 Å². The topological polar surface area (TPSA) is 26.3 Å². The van der Waals surface area contributed by atoms with E-state index < -0.39 is 0 Å². The molecule has 0 spiro atoms. The fraction of sp³-hybridized carbons (Fsp3) is 0.154. The van der Waals surface area contributed by atoms with Crippen molar-refractivity contribution in [2.45, 2.75) is 6.61 Å². The van der Waals surface area contributed by atoms with Crippen LogP contribution in [-0.4, -0.2) is 12.4 Å². The van der Waals surface area contributed by atoms with Crippen LogP contribution in [0.15, 0.2) is 44.0 Å². The number of ketones is 1. The fourth-order valence-electron chi connectivity index (χ4n) is 1.44. The summed E-state index contributed by atoms with van der Waals surface area (Å²) in [6.45, 7) is 0.548. The van der Waals surface area contributed by atoms with Gasteiger partial charge in [0.15, 0.2) is 5.78 Å². The Labute approximate surface area is 126 Å². The van der Waals surface area contributed by atoms with Crippen LogP contribution in [0.1, 0.15) is 15.9 Å². The minimum atomic E-state index is -0.0141. The van der Waals surface area contributed by atoms with Crippen LogP contribution in [0.4, 0.5) is 0 Å². The lowest BCUT2D eigenvalue weighted by Gasteiger charge is -2.03. The van der Waals surface area contributed by atoms with Gasteiger partial charge in [-0.15, -0.1) is 11.3 Å². The molecule has 0 saturated heterocycles. The third-order valence-corrected chi connectivity index (χ3v) is 4.64. The molecule has 1 heterocycles. The maximum atomic E-state index is 11.9. The van der Waals surface area contributed by atoms with Crippen molar-refractivity contribution < 1.29 is 9.53 Å². The Hall–Kier alpha value is -0.490. The van der Waals surface area contributed by atoms with Crippen molar-refractivity contribution in [3.63, 3.8) is 0 Å². The molecule has 2 nitrogen and oxygen atoms in total. The minimum Gasteiger partial charge on any atom is -0.369 e. The largest absolute Gasteiger partial charge is 0.369 e. The summed E-state index contributed by atoms with van der Waals surface area (Å²) in [5.74, 6) is -0.0141. The van der Waals surface area contributed by atoms with Crippen molar-refractivity contribution in [3.05, 3.63) is 55.1 Å². The second kappa shape index (κ2) is 6.61. The highest BCUT2D eigenvalue weighted by atomic mass is 79.9. The monoisotopic (exact) mass is 388 g/mol. The van der Waals surface area contributed by atoms with Crippen LogP contribution in [0, 0.1) is 0 Å². The average Bonchev–Trinajstić information content (AvgIpc) is 2.70. The zero-order chi connectivity index (χ0) is 13.0. The Bertz CT molecular complexity index is 537. The standard InChI is InChI=1S/C13H10Br2O2S/c14-12-6-10(13(15)18-12)11(16)8-17-7-9-4-2-1-3-5-9/h1-6H,7-8H2. The molecule has 0 amide bonds. The molecule has 1 aromatic carbocycles. The van der Waals surface area contributed by atoms with E-state index in [2.05, 4.69) is 31.9 Å². The van der Waals surface area contributed by atoms with E-state index in [9.17, 15) is 4.79 Å². The molecular formula is C13H10Br2O2S. The number of benzene rings is 1. The smallest absolute Gasteiger partial charge is 0.190 e. The Morgan fingerprint density at radius 3 is 2.56 bits per heavy atom. The van der Waals surface area contributed by atoms with Crippen molar-refractivity contribution in [2.75, 3.05) is 6.61 Å². The Morgan fingerprint density at radius 2 is 1.94 bits per heavy atom. The molecule has 0 unspecified atom stereocenters. The number of hydrogen-bond donors (Lipinski definition) is 0. The van der Waals surface area contributed by atoms with Gasteiger partial charge in [-0.25, -0.2) is 0 Å². The van der Waals surface area contributed by atoms with Crippen molar-refractivity contribution in [1.82, 2.24) is 0 Å². The Kier molecular flexibility index (Phi) is 5.12. The summed E-state index contributed by atoms with van der Waals surface area (Å²) in [6, 6.07) is 11.6. The summed E-state index contributed by atoms with van der Waals surface area (Å²) < 4.78 is 7.19. The number of halogens is 2. The second-order valence-electron chi connectivity index (χ2n) is 3.64. The molecule has 5 heteroatoms. The van der Waals surface area contributed by atoms with Gasteiger partial charge in [0.25, 0.3) is 0 Å². The Morgan fingerprint density at radius 1 is 1.22 bits per heavy atom. The molecule has 0 fully saturated rings. The molecule has 0 saturated carbocycles. The number of Topliss-reactive ketones (excluding diaryl/α,β-unsaturated/α-hetero) is 1. The molecule has 18 heavy (non-hydrogen) atoms. The lowest BCUT2D eigenvalue weighted by atomic mass is 10.2. The molecule has 0 bridgehead atoms. The van der Waals surface area contributed by atoms with Crippen LogP contribution in [0.3, 0.4) is 0 Å². The van der Waals surface area contributed by atoms with Gasteiger partial charge in [0.2, 0.25) is 0 Å². The van der Waals surface area contributed by atoms with Gasteiger partial charge >= 0.3 is 0 Å². The van der Waals surface area contributed by atoms with Crippen LogP contribution in [-0.2, 0) is 11.3 Å². The summed E-state index contributed by atoms with van der Waals surface area (Å²) >= 11 is 8.20. The van der Waals surface area contributed by atoms with E-state index in [0.29, 0.717) is 12.2 Å². The van der Waals surface area contributed by atoms with Gasteiger partial charge in [-0.2, -0.15) is 0 Å². The van der Waals surface area contributed by atoms with Gasteiger partial charge in [0.1, 0.15) is 6.61 Å². The SMILES string of the molecule is O=C(COCc1ccccc1)c1cc(Br)sc1Br. The van der Waals surface area contributed by atoms with E-state index in [4.69, 9.17) is 4.74 Å². The molecule has 0 radical (unpaired) electrons. The van der Waals surface area contributed by atoms with Crippen molar-refractivity contribution in [2.24, 2.45) is 0 Å². The third-order valence-electron chi connectivity index (χ3n) is 2.30. The van der Waals surface area contributed by atoms with E-state index in [-0.39, 0.29) is 12.4 Å². The average molecular weight is 390 g/mol. The fourth-order valence-corrected chi connectivity index (χ4v) is 4.30. The highest BCUT2D eigenvalue weighted by Gasteiger charge is 2.13. The summed E-state index contributed by atoms with van der Waals surface area (Å²) in [4.78, 5) is 11.9. The summed E-state index contributed by atoms with van der Waals surface area (Å²) in [6.07, 6.45) is 0. The molecule has 0 aliphatic carbocycles. The number of ether oxygens (including phenoxy) is 1. The highest BCUT2D eigenvalue weighted by molar-refractivity contribution is 9.12. The Balaban J connectivity index is 1.87. The van der Waals surface area contributed by atoms with Crippen molar-refractivity contribution in [3.8, 4) is 0 Å². The van der Waals surface area contributed by atoms with Gasteiger partial charge in [0.05, 0.1) is 14.2 Å². The first kappa shape index (κ1) is 13.9. The summed E-state index contributed by atoms with van der Waals surface area (Å²) in [7, 11) is 0. The van der Waals surface area contributed by atoms with Crippen LogP contribution in [0.25, 0.3) is 0 Å². The van der Waals surface area contributed by atoms with Crippen LogP contribution >= 0.6 is 43.2 Å². The lowest BCUT2D eigenvalue weighted by Crippen LogP contribution is -2.08. The van der Waals surface area contributed by atoms with Crippen molar-refractivity contribution >= 4 is 49.0 Å². The van der Waals surface area contributed by atoms with Crippen LogP contribution in [0.2, 0.25) is 0 Å². The van der Waals surface area contributed by atoms with Gasteiger partial charge < -0.3 is 4.74 Å². The summed E-state index contributed by atoms with van der Waals surface area (Å²) in [5, 5.41) is 0. The number of carbonyl (C=O) groups is 1. The van der Waals surface area contributed by atoms with E-state index in [1.807, 2.05) is 36.4 Å². The molecule has 2 aromatic rings. The van der Waals surface area contributed by atoms with Gasteiger partial charge in [0, 0.05) is 5.56 Å². The number of hydrogen-bond acceptors (Lipinski definition) is 3. The first-order chi connectivity index (χ1) is 8.66. The molecule has 1 aromatic heterocycles. The van der Waals surface area contributed by atoms with E-state index in [0.717, 1.165) is 13.1 Å². The van der Waals surface area contributed by atoms with Crippen LogP contribution in [0.5, 0.6) is 0 Å². The number of thiophene rings is 1. The van der Waals surface area contributed by atoms with Gasteiger partial charge in [-0.05, 0) is 43.5 Å². The second-order valence-corrected chi connectivity index (χ2v) is 7.39. The first-order valence-corrected chi connectivity index (χ1v) is 7.67. The molecule has 0 N–H and O–H groups in total. The molecule has 2 rings (SSSR count). The highest BCUT2D eigenvalue weighted by Crippen LogP contribution is 2.32. The van der Waals surface area contributed by atoms with E-state index in [1.165, 1.54) is 11.3 Å². The van der Waals surface area contributed by atoms with E-state index >= 15 is 0 Å². The zero-order valence-electron chi connectivity index (χ0n) is 9.36. The van der Waals surface area contributed by atoms with Crippen LogP contribution < -0.4 is 0 Å². The normalized spacial score (nSPS) is 10.6. The minimum absolute atomic E-state index is 0.0141. The number of rotatable bonds is 5. The maximum absolute atomic E-state index is 11.9. The molecular weight excluding hydrogens is 380 g/mol. The van der Waals surface area contributed by atoms with Crippen molar-refractivity contribution in [1.29, 1.82) is 0 Å². The first-order valence-electron chi connectivity index (χ1n) is 5.26. The molecule has 94 valence electrons. The quantitative estimate of drug-likeness (QED) is 0.694. The predicted molar refractivity (Wildman–Crippen MR) is 80.1 cm³/mol. The van der Waals surface area contributed by atoms with E-state index in [1.54, 1.807) is 0 Å².